The fraction of sp³-hybridized carbons (Fsp3) is 0.400. The van der Waals surface area contributed by atoms with Gasteiger partial charge in [-0.1, -0.05) is 23.1 Å². The van der Waals surface area contributed by atoms with Crippen LogP contribution in [0.1, 0.15) is 11.4 Å². The number of aromatic nitrogens is 4. The Hall–Kier alpha value is -1.41. The van der Waals surface area contributed by atoms with E-state index in [2.05, 4.69) is 20.6 Å². The molecule has 0 unspecified atom stereocenters. The van der Waals surface area contributed by atoms with Crippen molar-refractivity contribution >= 4 is 34.7 Å². The van der Waals surface area contributed by atoms with Crippen LogP contribution in [0.4, 0.5) is 5.69 Å². The van der Waals surface area contributed by atoms with Gasteiger partial charge in [-0.3, -0.25) is 9.48 Å². The molecule has 0 aliphatic carbocycles. The highest BCUT2D eigenvalue weighted by molar-refractivity contribution is 8.01. The smallest absolute Gasteiger partial charge is 0.234 e. The second kappa shape index (κ2) is 5.49. The van der Waals surface area contributed by atoms with Crippen LogP contribution in [0.5, 0.6) is 0 Å². The number of carbonyl (C=O) groups is 1. The molecule has 0 bridgehead atoms. The number of thioether (sulfide) groups is 1. The molecule has 2 aromatic heterocycles. The molecule has 1 amide bonds. The van der Waals surface area contributed by atoms with Gasteiger partial charge in [-0.2, -0.15) is 5.10 Å². The van der Waals surface area contributed by atoms with E-state index in [1.807, 2.05) is 20.9 Å². The van der Waals surface area contributed by atoms with Crippen molar-refractivity contribution in [3.8, 4) is 0 Å². The Bertz CT molecular complexity index is 549. The van der Waals surface area contributed by atoms with E-state index in [0.29, 0.717) is 5.75 Å². The topological polar surface area (TPSA) is 72.7 Å². The average molecular weight is 283 g/mol. The molecule has 2 rings (SSSR count). The molecule has 0 saturated heterocycles. The number of carbonyl (C=O) groups excluding carboxylic acids is 1. The fourth-order valence-corrected chi connectivity index (χ4v) is 2.77. The standard InChI is InChI=1S/C10H13N5OS2/c1-6-9(7(2)15(3)14-6)12-8(16)4-17-10-13-11-5-18-10/h5H,4H2,1-3H3,(H,12,16). The minimum atomic E-state index is -0.0607. The lowest BCUT2D eigenvalue weighted by molar-refractivity contribution is -0.113. The summed E-state index contributed by atoms with van der Waals surface area (Å²) in [6, 6.07) is 0. The molecule has 2 heterocycles. The summed E-state index contributed by atoms with van der Waals surface area (Å²) >= 11 is 2.80. The lowest BCUT2D eigenvalue weighted by atomic mass is 10.3. The third-order valence-electron chi connectivity index (χ3n) is 2.44. The maximum absolute atomic E-state index is 11.8. The summed E-state index contributed by atoms with van der Waals surface area (Å²) < 4.78 is 2.55. The van der Waals surface area contributed by atoms with E-state index in [1.165, 1.54) is 23.1 Å². The maximum atomic E-state index is 11.8. The highest BCUT2D eigenvalue weighted by Crippen LogP contribution is 2.21. The Morgan fingerprint density at radius 3 is 2.89 bits per heavy atom. The minimum absolute atomic E-state index is 0.0607. The quantitative estimate of drug-likeness (QED) is 0.863. The third-order valence-corrected chi connectivity index (χ3v) is 4.30. The van der Waals surface area contributed by atoms with Gasteiger partial charge in [0.15, 0.2) is 4.34 Å². The second-order valence-corrected chi connectivity index (χ2v) is 5.77. The van der Waals surface area contributed by atoms with Gasteiger partial charge in [0.1, 0.15) is 5.51 Å². The number of rotatable bonds is 4. The molecule has 0 aromatic carbocycles. The molecule has 0 saturated carbocycles. The predicted molar refractivity (Wildman–Crippen MR) is 71.9 cm³/mol. The van der Waals surface area contributed by atoms with Crippen LogP contribution in [-0.4, -0.2) is 31.6 Å². The molecule has 1 N–H and O–H groups in total. The number of aryl methyl sites for hydroxylation is 2. The molecular formula is C10H13N5OS2. The first-order valence-electron chi connectivity index (χ1n) is 5.27. The van der Waals surface area contributed by atoms with Crippen LogP contribution < -0.4 is 5.32 Å². The summed E-state index contributed by atoms with van der Waals surface area (Å²) in [5.41, 5.74) is 4.21. The maximum Gasteiger partial charge on any atom is 0.234 e. The second-order valence-electron chi connectivity index (χ2n) is 3.71. The van der Waals surface area contributed by atoms with Crippen LogP contribution in [0.2, 0.25) is 0 Å². The number of hydrogen-bond acceptors (Lipinski definition) is 6. The number of nitrogens with zero attached hydrogens (tertiary/aromatic N) is 4. The summed E-state index contributed by atoms with van der Waals surface area (Å²) in [7, 11) is 1.86. The van der Waals surface area contributed by atoms with Crippen molar-refractivity contribution in [3.05, 3.63) is 16.9 Å². The van der Waals surface area contributed by atoms with Crippen molar-refractivity contribution in [1.82, 2.24) is 20.0 Å². The highest BCUT2D eigenvalue weighted by atomic mass is 32.2. The summed E-state index contributed by atoms with van der Waals surface area (Å²) in [5, 5.41) is 14.7. The molecular weight excluding hydrogens is 270 g/mol. The monoisotopic (exact) mass is 283 g/mol. The summed E-state index contributed by atoms with van der Waals surface area (Å²) in [5.74, 6) is 0.262. The zero-order valence-electron chi connectivity index (χ0n) is 10.3. The lowest BCUT2D eigenvalue weighted by Gasteiger charge is -2.04. The van der Waals surface area contributed by atoms with E-state index < -0.39 is 0 Å². The van der Waals surface area contributed by atoms with Crippen LogP contribution in [0.15, 0.2) is 9.85 Å². The molecule has 0 aliphatic rings. The molecule has 8 heteroatoms. The Morgan fingerprint density at radius 2 is 2.33 bits per heavy atom. The molecule has 0 radical (unpaired) electrons. The number of amides is 1. The van der Waals surface area contributed by atoms with E-state index in [4.69, 9.17) is 0 Å². The van der Waals surface area contributed by atoms with Gasteiger partial charge in [-0.15, -0.1) is 10.2 Å². The van der Waals surface area contributed by atoms with Gasteiger partial charge < -0.3 is 5.32 Å². The van der Waals surface area contributed by atoms with Gasteiger partial charge in [0.05, 0.1) is 22.8 Å². The minimum Gasteiger partial charge on any atom is -0.322 e. The molecule has 0 aliphatic heterocycles. The van der Waals surface area contributed by atoms with E-state index in [-0.39, 0.29) is 5.91 Å². The normalized spacial score (nSPS) is 10.6. The Morgan fingerprint density at radius 1 is 1.56 bits per heavy atom. The molecule has 0 spiro atoms. The van der Waals surface area contributed by atoms with E-state index in [1.54, 1.807) is 10.2 Å². The fourth-order valence-electron chi connectivity index (χ4n) is 1.48. The summed E-state index contributed by atoms with van der Waals surface area (Å²) in [6.45, 7) is 3.80. The van der Waals surface area contributed by atoms with Gasteiger partial charge in [0, 0.05) is 7.05 Å². The van der Waals surface area contributed by atoms with Gasteiger partial charge >= 0.3 is 0 Å². The van der Waals surface area contributed by atoms with Crippen LogP contribution >= 0.6 is 23.1 Å². The van der Waals surface area contributed by atoms with Crippen molar-refractivity contribution in [2.45, 2.75) is 18.2 Å². The molecule has 0 fully saturated rings. The van der Waals surface area contributed by atoms with E-state index in [9.17, 15) is 4.79 Å². The van der Waals surface area contributed by atoms with Gasteiger partial charge in [-0.05, 0) is 13.8 Å². The van der Waals surface area contributed by atoms with Crippen molar-refractivity contribution < 1.29 is 4.79 Å². The number of nitrogens with one attached hydrogen (secondary N) is 1. The Balaban J connectivity index is 1.95. The number of hydrogen-bond donors (Lipinski definition) is 1. The third kappa shape index (κ3) is 2.88. The van der Waals surface area contributed by atoms with E-state index in [0.717, 1.165) is 21.4 Å². The van der Waals surface area contributed by atoms with Crippen molar-refractivity contribution in [1.29, 1.82) is 0 Å². The first-order valence-corrected chi connectivity index (χ1v) is 7.13. The SMILES string of the molecule is Cc1nn(C)c(C)c1NC(=O)CSc1nncs1. The molecule has 18 heavy (non-hydrogen) atoms. The first kappa shape index (κ1) is 13.0. The van der Waals surface area contributed by atoms with Gasteiger partial charge in [0.25, 0.3) is 0 Å². The summed E-state index contributed by atoms with van der Waals surface area (Å²) in [4.78, 5) is 11.8. The molecule has 2 aromatic rings. The molecule has 0 atom stereocenters. The molecule has 96 valence electrons. The summed E-state index contributed by atoms with van der Waals surface area (Å²) in [6.07, 6.45) is 0. The van der Waals surface area contributed by atoms with Crippen LogP contribution in [0.3, 0.4) is 0 Å². The van der Waals surface area contributed by atoms with Crippen LogP contribution in [0, 0.1) is 13.8 Å². The van der Waals surface area contributed by atoms with Crippen molar-refractivity contribution in [3.63, 3.8) is 0 Å². The zero-order chi connectivity index (χ0) is 13.1. The average Bonchev–Trinajstić information content (AvgIpc) is 2.92. The first-order chi connectivity index (χ1) is 8.58. The lowest BCUT2D eigenvalue weighted by Crippen LogP contribution is -2.15. The van der Waals surface area contributed by atoms with E-state index >= 15 is 0 Å². The van der Waals surface area contributed by atoms with Gasteiger partial charge in [-0.25, -0.2) is 0 Å². The van der Waals surface area contributed by atoms with Crippen molar-refractivity contribution in [2.75, 3.05) is 11.1 Å². The highest BCUT2D eigenvalue weighted by Gasteiger charge is 2.13. The Kier molecular flexibility index (Phi) is 3.97. The van der Waals surface area contributed by atoms with Crippen LogP contribution in [-0.2, 0) is 11.8 Å². The largest absolute Gasteiger partial charge is 0.322 e. The Labute approximate surface area is 113 Å². The predicted octanol–water partition coefficient (Wildman–Crippen LogP) is 1.62. The number of anilines is 1. The zero-order valence-corrected chi connectivity index (χ0v) is 11.9. The van der Waals surface area contributed by atoms with Crippen LogP contribution in [0.25, 0.3) is 0 Å². The van der Waals surface area contributed by atoms with Gasteiger partial charge in [0.2, 0.25) is 5.91 Å². The molecule has 6 nitrogen and oxygen atoms in total. The van der Waals surface area contributed by atoms with Crippen molar-refractivity contribution in [2.24, 2.45) is 7.05 Å².